The van der Waals surface area contributed by atoms with Crippen LogP contribution < -0.4 is 5.73 Å². The van der Waals surface area contributed by atoms with E-state index in [2.05, 4.69) is 42.5 Å². The van der Waals surface area contributed by atoms with Gasteiger partial charge in [0.2, 0.25) is 0 Å². The monoisotopic (exact) mass is 237 g/mol. The Bertz CT molecular complexity index is 121. The van der Waals surface area contributed by atoms with Gasteiger partial charge in [0.1, 0.15) is 0 Å². The van der Waals surface area contributed by atoms with Gasteiger partial charge >= 0.3 is 0 Å². The molecule has 0 spiro atoms. The van der Waals surface area contributed by atoms with Crippen molar-refractivity contribution in [3.05, 3.63) is 21.9 Å². The van der Waals surface area contributed by atoms with Crippen LogP contribution in [-0.2, 0) is 0 Å². The number of nitrogens with two attached hydrogens (primary N) is 1. The molecule has 0 bridgehead atoms. The summed E-state index contributed by atoms with van der Waals surface area (Å²) >= 11 is 2.08. The molecule has 0 unspecified atom stereocenters. The van der Waals surface area contributed by atoms with E-state index in [4.69, 9.17) is 5.73 Å². The number of rotatable bonds is 2. The Labute approximate surface area is 70.2 Å². The van der Waals surface area contributed by atoms with Crippen molar-refractivity contribution in [3.8, 4) is 0 Å². The normalized spacial score (nSPS) is 13.6. The molecule has 0 aromatic heterocycles. The highest BCUT2D eigenvalue weighted by atomic mass is 127. The van der Waals surface area contributed by atoms with E-state index in [0.717, 1.165) is 3.70 Å². The zero-order chi connectivity index (χ0) is 7.28. The van der Waals surface area contributed by atoms with Gasteiger partial charge in [-0.05, 0) is 34.6 Å². The summed E-state index contributed by atoms with van der Waals surface area (Å²) in [5, 5.41) is 0. The van der Waals surface area contributed by atoms with Crippen LogP contribution in [-0.4, -0.2) is 0 Å². The van der Waals surface area contributed by atoms with Crippen molar-refractivity contribution < 1.29 is 0 Å². The maximum Gasteiger partial charge on any atom is 0.0705 e. The molecular weight excluding hydrogens is 225 g/mol. The van der Waals surface area contributed by atoms with Crippen LogP contribution >= 0.6 is 22.6 Å². The molecule has 0 aliphatic carbocycles. The Hall–Kier alpha value is 0.0100. The maximum absolute atomic E-state index is 5.38. The van der Waals surface area contributed by atoms with E-state index < -0.39 is 0 Å². The van der Waals surface area contributed by atoms with Gasteiger partial charge < -0.3 is 5.73 Å². The second-order valence-corrected chi connectivity index (χ2v) is 3.43. The molecule has 0 aliphatic rings. The first-order chi connectivity index (χ1) is 4.13. The average molecular weight is 237 g/mol. The molecule has 9 heavy (non-hydrogen) atoms. The molecule has 52 valence electrons. The maximum atomic E-state index is 5.38. The standard InChI is InChI=1S/C7H12IN/c1-6(2)4-3-5-7(8)9/h3-6H,9H2,1-2H3/b4-3-,7-5-. The zero-order valence-corrected chi connectivity index (χ0v) is 7.92. The average Bonchev–Trinajstić information content (AvgIpc) is 1.63. The molecule has 0 fully saturated rings. The van der Waals surface area contributed by atoms with Crippen molar-refractivity contribution in [1.29, 1.82) is 0 Å². The van der Waals surface area contributed by atoms with E-state index in [1.807, 2.05) is 12.2 Å². The summed E-state index contributed by atoms with van der Waals surface area (Å²) in [5.74, 6) is 0.608. The summed E-state index contributed by atoms with van der Waals surface area (Å²) in [6, 6.07) is 0. The van der Waals surface area contributed by atoms with Gasteiger partial charge in [-0.15, -0.1) is 0 Å². The zero-order valence-electron chi connectivity index (χ0n) is 5.76. The summed E-state index contributed by atoms with van der Waals surface area (Å²) < 4.78 is 0.824. The first kappa shape index (κ1) is 9.01. The molecule has 0 amide bonds. The van der Waals surface area contributed by atoms with Gasteiger partial charge in [-0.1, -0.05) is 26.0 Å². The van der Waals surface area contributed by atoms with Crippen LogP contribution in [0.1, 0.15) is 13.8 Å². The van der Waals surface area contributed by atoms with E-state index in [1.54, 1.807) is 0 Å². The minimum atomic E-state index is 0.608. The number of hydrogen-bond donors (Lipinski definition) is 1. The number of allylic oxidation sites excluding steroid dienone is 3. The second-order valence-electron chi connectivity index (χ2n) is 2.18. The van der Waals surface area contributed by atoms with Crippen LogP contribution in [0.2, 0.25) is 0 Å². The summed E-state index contributed by atoms with van der Waals surface area (Å²) in [6.45, 7) is 4.27. The van der Waals surface area contributed by atoms with Crippen molar-refractivity contribution in [2.45, 2.75) is 13.8 Å². The van der Waals surface area contributed by atoms with Gasteiger partial charge in [0, 0.05) is 0 Å². The fourth-order valence-corrected chi connectivity index (χ4v) is 0.577. The van der Waals surface area contributed by atoms with Gasteiger partial charge in [-0.25, -0.2) is 0 Å². The molecule has 0 radical (unpaired) electrons. The topological polar surface area (TPSA) is 26.0 Å². The first-order valence-electron chi connectivity index (χ1n) is 2.92. The number of hydrogen-bond acceptors (Lipinski definition) is 1. The van der Waals surface area contributed by atoms with Crippen LogP contribution in [0.25, 0.3) is 0 Å². The minimum Gasteiger partial charge on any atom is -0.394 e. The Morgan fingerprint density at radius 3 is 2.44 bits per heavy atom. The fourth-order valence-electron chi connectivity index (χ4n) is 0.370. The van der Waals surface area contributed by atoms with Gasteiger partial charge in [0.25, 0.3) is 0 Å². The van der Waals surface area contributed by atoms with Crippen molar-refractivity contribution in [3.63, 3.8) is 0 Å². The van der Waals surface area contributed by atoms with Gasteiger partial charge in [-0.3, -0.25) is 0 Å². The smallest absolute Gasteiger partial charge is 0.0705 e. The van der Waals surface area contributed by atoms with Gasteiger partial charge in [0.05, 0.1) is 3.70 Å². The lowest BCUT2D eigenvalue weighted by Crippen LogP contribution is -1.84. The Morgan fingerprint density at radius 1 is 1.56 bits per heavy atom. The van der Waals surface area contributed by atoms with E-state index in [-0.39, 0.29) is 0 Å². The Kier molecular flexibility index (Phi) is 4.85. The van der Waals surface area contributed by atoms with Crippen LogP contribution in [0, 0.1) is 5.92 Å². The lowest BCUT2D eigenvalue weighted by Gasteiger charge is -1.89. The fraction of sp³-hybridized carbons (Fsp3) is 0.429. The molecule has 0 saturated heterocycles. The summed E-state index contributed by atoms with van der Waals surface area (Å²) in [4.78, 5) is 0. The van der Waals surface area contributed by atoms with Crippen LogP contribution in [0.3, 0.4) is 0 Å². The summed E-state index contributed by atoms with van der Waals surface area (Å²) in [6.07, 6.45) is 5.97. The van der Waals surface area contributed by atoms with E-state index in [9.17, 15) is 0 Å². The molecule has 0 aliphatic heterocycles. The minimum absolute atomic E-state index is 0.608. The van der Waals surface area contributed by atoms with Crippen LogP contribution in [0.4, 0.5) is 0 Å². The first-order valence-corrected chi connectivity index (χ1v) is 4.00. The quantitative estimate of drug-likeness (QED) is 0.445. The molecule has 0 saturated carbocycles. The molecule has 1 nitrogen and oxygen atoms in total. The van der Waals surface area contributed by atoms with E-state index >= 15 is 0 Å². The third-order valence-electron chi connectivity index (χ3n) is 0.751. The van der Waals surface area contributed by atoms with Crippen molar-refractivity contribution in [2.75, 3.05) is 0 Å². The van der Waals surface area contributed by atoms with Crippen molar-refractivity contribution >= 4 is 22.6 Å². The number of halogens is 1. The summed E-state index contributed by atoms with van der Waals surface area (Å²) in [5.41, 5.74) is 5.38. The molecule has 0 rings (SSSR count). The predicted octanol–water partition coefficient (Wildman–Crippen LogP) is 2.43. The van der Waals surface area contributed by atoms with Crippen LogP contribution in [0.15, 0.2) is 21.9 Å². The molecular formula is C7H12IN. The third-order valence-corrected chi connectivity index (χ3v) is 1.11. The molecule has 0 heterocycles. The van der Waals surface area contributed by atoms with E-state index in [1.165, 1.54) is 0 Å². The largest absolute Gasteiger partial charge is 0.394 e. The molecule has 2 N–H and O–H groups in total. The summed E-state index contributed by atoms with van der Waals surface area (Å²) in [7, 11) is 0. The lowest BCUT2D eigenvalue weighted by atomic mass is 10.2. The SMILES string of the molecule is CC(C)/C=C\C=C(/N)I. The highest BCUT2D eigenvalue weighted by molar-refractivity contribution is 14.1. The van der Waals surface area contributed by atoms with Gasteiger partial charge in [-0.2, -0.15) is 0 Å². The lowest BCUT2D eigenvalue weighted by molar-refractivity contribution is 0.832. The Morgan fingerprint density at radius 2 is 2.11 bits per heavy atom. The van der Waals surface area contributed by atoms with Crippen LogP contribution in [0.5, 0.6) is 0 Å². The third kappa shape index (κ3) is 8.01. The highest BCUT2D eigenvalue weighted by Crippen LogP contribution is 1.98. The van der Waals surface area contributed by atoms with Gasteiger partial charge in [0.15, 0.2) is 0 Å². The molecule has 2 heteroatoms. The molecule has 0 aromatic rings. The predicted molar refractivity (Wildman–Crippen MR) is 50.3 cm³/mol. The van der Waals surface area contributed by atoms with E-state index in [0.29, 0.717) is 5.92 Å². The highest BCUT2D eigenvalue weighted by Gasteiger charge is 1.80. The van der Waals surface area contributed by atoms with Crippen molar-refractivity contribution in [2.24, 2.45) is 11.7 Å². The molecule has 0 atom stereocenters. The molecule has 0 aromatic carbocycles. The second kappa shape index (κ2) is 4.85. The Balaban J connectivity index is 3.60. The van der Waals surface area contributed by atoms with Crippen molar-refractivity contribution in [1.82, 2.24) is 0 Å².